The van der Waals surface area contributed by atoms with Crippen LogP contribution in [0.4, 0.5) is 0 Å². The number of carbonyl (C=O) groups excluding carboxylic acids is 1. The van der Waals surface area contributed by atoms with Crippen LogP contribution in [0.25, 0.3) is 0 Å². The molecule has 0 spiro atoms. The second kappa shape index (κ2) is 11.1. The summed E-state index contributed by atoms with van der Waals surface area (Å²) < 4.78 is 27.7. The second-order valence-corrected chi connectivity index (χ2v) is 9.71. The molecule has 0 bridgehead atoms. The van der Waals surface area contributed by atoms with Crippen molar-refractivity contribution in [2.75, 3.05) is 6.54 Å². The van der Waals surface area contributed by atoms with Gasteiger partial charge in [0.15, 0.2) is 0 Å². The van der Waals surface area contributed by atoms with Crippen molar-refractivity contribution in [3.05, 3.63) is 100 Å². The minimum absolute atomic E-state index is 0.00262. The molecule has 0 aliphatic heterocycles. The van der Waals surface area contributed by atoms with Gasteiger partial charge >= 0.3 is 5.97 Å². The fraction of sp³-hybridized carbons (Fsp3) is 0.125. The largest absolute Gasteiger partial charge is 0.478 e. The maximum atomic E-state index is 13.3. The number of carboxylic acid groups (broad SMARTS) is 1. The topological polar surface area (TPSA) is 116 Å². The number of rotatable bonds is 9. The molecule has 8 nitrogen and oxygen atoms in total. The van der Waals surface area contributed by atoms with Gasteiger partial charge in [0.05, 0.1) is 23.2 Å². The lowest BCUT2D eigenvalue weighted by atomic mass is 10.1. The molecule has 0 saturated carbocycles. The normalized spacial score (nSPS) is 11.6. The summed E-state index contributed by atoms with van der Waals surface area (Å²) in [6, 6.07) is 19.1. The maximum Gasteiger partial charge on any atom is 0.336 e. The van der Waals surface area contributed by atoms with Crippen LogP contribution < -0.4 is 5.43 Å². The number of carboxylic acids is 1. The number of benzene rings is 3. The molecular weight excluding hydrogens is 478 g/mol. The molecule has 0 fully saturated rings. The van der Waals surface area contributed by atoms with E-state index in [1.165, 1.54) is 42.6 Å². The van der Waals surface area contributed by atoms with Gasteiger partial charge in [0, 0.05) is 17.1 Å². The number of amides is 1. The van der Waals surface area contributed by atoms with Gasteiger partial charge in [-0.25, -0.2) is 18.6 Å². The summed E-state index contributed by atoms with van der Waals surface area (Å²) in [5, 5.41) is 13.4. The molecule has 0 aliphatic rings. The number of halogens is 1. The van der Waals surface area contributed by atoms with Crippen molar-refractivity contribution in [2.45, 2.75) is 18.4 Å². The van der Waals surface area contributed by atoms with Gasteiger partial charge in [-0.15, -0.1) is 0 Å². The van der Waals surface area contributed by atoms with Crippen LogP contribution in [0.3, 0.4) is 0 Å². The zero-order valence-corrected chi connectivity index (χ0v) is 19.8. The van der Waals surface area contributed by atoms with Crippen LogP contribution >= 0.6 is 11.6 Å². The van der Waals surface area contributed by atoms with Crippen molar-refractivity contribution in [1.29, 1.82) is 0 Å². The van der Waals surface area contributed by atoms with Crippen LogP contribution in [-0.2, 0) is 21.4 Å². The Morgan fingerprint density at radius 1 is 1.03 bits per heavy atom. The summed E-state index contributed by atoms with van der Waals surface area (Å²) in [4.78, 5) is 23.9. The smallest absolute Gasteiger partial charge is 0.336 e. The summed E-state index contributed by atoms with van der Waals surface area (Å²) in [6.45, 7) is 1.32. The molecule has 0 heterocycles. The predicted molar refractivity (Wildman–Crippen MR) is 129 cm³/mol. The summed E-state index contributed by atoms with van der Waals surface area (Å²) in [6.07, 6.45) is 1.20. The molecule has 0 aliphatic carbocycles. The molecule has 0 unspecified atom stereocenters. The van der Waals surface area contributed by atoms with Crippen LogP contribution in [0.15, 0.2) is 82.8 Å². The van der Waals surface area contributed by atoms with Crippen molar-refractivity contribution in [3.63, 3.8) is 0 Å². The van der Waals surface area contributed by atoms with Crippen molar-refractivity contribution < 1.29 is 23.1 Å². The Morgan fingerprint density at radius 3 is 2.35 bits per heavy atom. The number of aryl methyl sites for hydroxylation is 1. The monoisotopic (exact) mass is 499 g/mol. The quantitative estimate of drug-likeness (QED) is 0.344. The first-order chi connectivity index (χ1) is 16.2. The van der Waals surface area contributed by atoms with Gasteiger partial charge < -0.3 is 5.11 Å². The van der Waals surface area contributed by atoms with Gasteiger partial charge in [0.2, 0.25) is 10.0 Å². The number of nitrogens with one attached hydrogen (secondary N) is 1. The minimum Gasteiger partial charge on any atom is -0.478 e. The van der Waals surface area contributed by atoms with E-state index in [9.17, 15) is 23.1 Å². The van der Waals surface area contributed by atoms with E-state index in [1.54, 1.807) is 24.3 Å². The van der Waals surface area contributed by atoms with Crippen LogP contribution in [0.2, 0.25) is 5.02 Å². The summed E-state index contributed by atoms with van der Waals surface area (Å²) in [5.41, 5.74) is 4.20. The number of hydrogen-bond donors (Lipinski definition) is 2. The Morgan fingerprint density at radius 2 is 1.68 bits per heavy atom. The SMILES string of the molecule is Cc1ccccc1CN(CC(=O)N/N=C\c1ccccc1C(=O)O)S(=O)(=O)c1ccc(Cl)cc1. The van der Waals surface area contributed by atoms with Gasteiger partial charge in [-0.05, 0) is 48.4 Å². The maximum absolute atomic E-state index is 13.3. The molecule has 3 aromatic carbocycles. The first-order valence-corrected chi connectivity index (χ1v) is 11.9. The van der Waals surface area contributed by atoms with E-state index in [2.05, 4.69) is 10.5 Å². The van der Waals surface area contributed by atoms with Crippen molar-refractivity contribution >= 4 is 39.7 Å². The van der Waals surface area contributed by atoms with E-state index in [0.29, 0.717) is 10.6 Å². The van der Waals surface area contributed by atoms with E-state index in [0.717, 1.165) is 15.4 Å². The average molecular weight is 500 g/mol. The molecule has 3 rings (SSSR count). The lowest BCUT2D eigenvalue weighted by Crippen LogP contribution is -2.39. The number of hydrazone groups is 1. The summed E-state index contributed by atoms with van der Waals surface area (Å²) >= 11 is 5.89. The summed E-state index contributed by atoms with van der Waals surface area (Å²) in [7, 11) is -4.04. The van der Waals surface area contributed by atoms with Crippen molar-refractivity contribution in [3.8, 4) is 0 Å². The Bertz CT molecular complexity index is 1320. The van der Waals surface area contributed by atoms with Gasteiger partial charge in [0.1, 0.15) is 0 Å². The number of hydrogen-bond acceptors (Lipinski definition) is 5. The molecule has 3 aromatic rings. The third kappa shape index (κ3) is 6.28. The first kappa shape index (κ1) is 25.1. The molecule has 0 radical (unpaired) electrons. The minimum atomic E-state index is -4.04. The molecular formula is C24H22ClN3O5S. The fourth-order valence-corrected chi connectivity index (χ4v) is 4.63. The van der Waals surface area contributed by atoms with Crippen LogP contribution in [0.5, 0.6) is 0 Å². The predicted octanol–water partition coefficient (Wildman–Crippen LogP) is 3.69. The van der Waals surface area contributed by atoms with Gasteiger partial charge in [-0.1, -0.05) is 54.1 Å². The van der Waals surface area contributed by atoms with Crippen LogP contribution in [0.1, 0.15) is 27.0 Å². The van der Waals surface area contributed by atoms with E-state index in [-0.39, 0.29) is 17.0 Å². The molecule has 176 valence electrons. The van der Waals surface area contributed by atoms with Crippen molar-refractivity contribution in [1.82, 2.24) is 9.73 Å². The average Bonchev–Trinajstić information content (AvgIpc) is 2.80. The van der Waals surface area contributed by atoms with Crippen LogP contribution in [-0.4, -0.2) is 42.5 Å². The third-order valence-corrected chi connectivity index (χ3v) is 7.02. The lowest BCUT2D eigenvalue weighted by Gasteiger charge is -2.22. The fourth-order valence-electron chi connectivity index (χ4n) is 3.13. The number of sulfonamides is 1. The molecule has 0 saturated heterocycles. The van der Waals surface area contributed by atoms with Crippen LogP contribution in [0, 0.1) is 6.92 Å². The molecule has 1 amide bonds. The first-order valence-electron chi connectivity index (χ1n) is 10.1. The number of nitrogens with zero attached hydrogens (tertiary/aromatic N) is 2. The number of aromatic carboxylic acids is 1. The molecule has 34 heavy (non-hydrogen) atoms. The highest BCUT2D eigenvalue weighted by molar-refractivity contribution is 7.89. The Hall–Kier alpha value is -3.53. The van der Waals surface area contributed by atoms with Gasteiger partial charge in [0.25, 0.3) is 5.91 Å². The Kier molecular flexibility index (Phi) is 8.17. The lowest BCUT2D eigenvalue weighted by molar-refractivity contribution is -0.121. The molecule has 10 heteroatoms. The number of carbonyl (C=O) groups is 2. The van der Waals surface area contributed by atoms with Crippen molar-refractivity contribution in [2.24, 2.45) is 5.10 Å². The zero-order chi connectivity index (χ0) is 24.7. The highest BCUT2D eigenvalue weighted by atomic mass is 35.5. The zero-order valence-electron chi connectivity index (χ0n) is 18.2. The standard InChI is InChI=1S/C24H22ClN3O5S/c1-17-6-2-3-8-19(17)15-28(34(32,33)21-12-10-20(25)11-13-21)16-23(29)27-26-14-18-7-4-5-9-22(18)24(30)31/h2-14H,15-16H2,1H3,(H,27,29)(H,30,31)/b26-14-. The Balaban J connectivity index is 1.82. The van der Waals surface area contributed by atoms with Gasteiger partial charge in [-0.3, -0.25) is 4.79 Å². The van der Waals surface area contributed by atoms with E-state index >= 15 is 0 Å². The highest BCUT2D eigenvalue weighted by Crippen LogP contribution is 2.21. The second-order valence-electron chi connectivity index (χ2n) is 7.34. The molecule has 0 atom stereocenters. The highest BCUT2D eigenvalue weighted by Gasteiger charge is 2.27. The molecule has 0 aromatic heterocycles. The Labute approximate surface area is 202 Å². The van der Waals surface area contributed by atoms with Gasteiger partial charge in [-0.2, -0.15) is 9.41 Å². The van der Waals surface area contributed by atoms with E-state index in [4.69, 9.17) is 11.6 Å². The summed E-state index contributed by atoms with van der Waals surface area (Å²) in [5.74, 6) is -1.82. The third-order valence-electron chi connectivity index (χ3n) is 4.96. The molecule has 2 N–H and O–H groups in total. The van der Waals surface area contributed by atoms with E-state index in [1.807, 2.05) is 19.1 Å². The van der Waals surface area contributed by atoms with E-state index < -0.39 is 28.4 Å².